The number of imidazole rings is 1. The van der Waals surface area contributed by atoms with E-state index in [9.17, 15) is 14.0 Å². The highest BCUT2D eigenvalue weighted by atomic mass is 19.1. The smallest absolute Gasteiger partial charge is 0.415 e. The number of primary amides is 1. The van der Waals surface area contributed by atoms with Gasteiger partial charge in [-0.05, 0) is 0 Å². The lowest BCUT2D eigenvalue weighted by Gasteiger charge is -2.23. The van der Waals surface area contributed by atoms with Crippen molar-refractivity contribution >= 4 is 17.7 Å². The number of fused-ring (bicyclic) bond motifs is 7. The summed E-state index contributed by atoms with van der Waals surface area (Å²) in [6.07, 6.45) is 1.76. The molecule has 1 saturated heterocycles. The predicted molar refractivity (Wildman–Crippen MR) is 77.3 cm³/mol. The Kier molecular flexibility index (Phi) is 2.36. The number of cyclic esters (lactones) is 1. The van der Waals surface area contributed by atoms with Crippen LogP contribution in [0.5, 0.6) is 5.75 Å². The van der Waals surface area contributed by atoms with Crippen molar-refractivity contribution in [3.8, 4) is 11.4 Å². The van der Waals surface area contributed by atoms with Gasteiger partial charge in [-0.2, -0.15) is 0 Å². The molecule has 3 aliphatic rings. The van der Waals surface area contributed by atoms with Gasteiger partial charge >= 0.3 is 6.09 Å². The van der Waals surface area contributed by atoms with Gasteiger partial charge in [0.1, 0.15) is 12.3 Å². The number of halogens is 1. The molecule has 2 amide bonds. The summed E-state index contributed by atoms with van der Waals surface area (Å²) in [6.45, 7) is 0.199. The third-order valence-electron chi connectivity index (χ3n) is 4.65. The van der Waals surface area contributed by atoms with E-state index in [0.29, 0.717) is 29.2 Å². The van der Waals surface area contributed by atoms with Crippen molar-refractivity contribution in [2.45, 2.75) is 25.2 Å². The molecule has 0 unspecified atom stereocenters. The number of ether oxygens (including phenoxy) is 2. The summed E-state index contributed by atoms with van der Waals surface area (Å²) in [5.74, 6) is -0.315. The van der Waals surface area contributed by atoms with E-state index in [4.69, 9.17) is 15.2 Å². The molecule has 1 fully saturated rings. The van der Waals surface area contributed by atoms with Crippen molar-refractivity contribution in [2.75, 3.05) is 4.90 Å². The number of aromatic nitrogens is 2. The van der Waals surface area contributed by atoms with Crippen molar-refractivity contribution in [1.29, 1.82) is 0 Å². The molecule has 8 nitrogen and oxygen atoms in total. The summed E-state index contributed by atoms with van der Waals surface area (Å²) in [7, 11) is 0. The van der Waals surface area contributed by atoms with Crippen LogP contribution >= 0.6 is 0 Å². The number of anilines is 1. The monoisotopic (exact) mass is 330 g/mol. The van der Waals surface area contributed by atoms with Crippen LogP contribution in [0.25, 0.3) is 5.69 Å². The lowest BCUT2D eigenvalue weighted by atomic mass is 10.0. The van der Waals surface area contributed by atoms with E-state index in [1.54, 1.807) is 17.0 Å². The number of rotatable bonds is 1. The molecule has 0 bridgehead atoms. The second kappa shape index (κ2) is 4.25. The first-order valence-electron chi connectivity index (χ1n) is 7.36. The first-order chi connectivity index (χ1) is 11.6. The van der Waals surface area contributed by atoms with E-state index < -0.39 is 30.0 Å². The quantitative estimate of drug-likeness (QED) is 0.827. The molecule has 2 atom stereocenters. The molecule has 0 aliphatic carbocycles. The van der Waals surface area contributed by atoms with Gasteiger partial charge in [-0.3, -0.25) is 14.3 Å². The number of hydrogen-bond donors (Lipinski definition) is 1. The Hall–Kier alpha value is -3.10. The molecule has 122 valence electrons. The second-order valence-electron chi connectivity index (χ2n) is 5.88. The molecule has 0 saturated carbocycles. The van der Waals surface area contributed by atoms with E-state index in [0.717, 1.165) is 0 Å². The Bertz CT molecular complexity index is 924. The summed E-state index contributed by atoms with van der Waals surface area (Å²) in [4.78, 5) is 29.0. The molecule has 24 heavy (non-hydrogen) atoms. The number of benzene rings is 1. The molecule has 3 aliphatic heterocycles. The van der Waals surface area contributed by atoms with E-state index in [1.807, 2.05) is 0 Å². The third-order valence-corrected chi connectivity index (χ3v) is 4.65. The Morgan fingerprint density at radius 1 is 1.46 bits per heavy atom. The summed E-state index contributed by atoms with van der Waals surface area (Å²) in [5, 5.41) is 0. The van der Waals surface area contributed by atoms with Crippen molar-refractivity contribution in [3.63, 3.8) is 0 Å². The Balaban J connectivity index is 1.71. The molecule has 2 N–H and O–H groups in total. The lowest BCUT2D eigenvalue weighted by Crippen LogP contribution is -2.41. The van der Waals surface area contributed by atoms with Crippen LogP contribution in [0.3, 0.4) is 0 Å². The fraction of sp³-hybridized carbons (Fsp3) is 0.267. The summed E-state index contributed by atoms with van der Waals surface area (Å²) in [6, 6.07) is 0.681. The first kappa shape index (κ1) is 13.3. The zero-order chi connectivity index (χ0) is 16.6. The van der Waals surface area contributed by atoms with Gasteiger partial charge in [0.2, 0.25) is 6.10 Å². The molecule has 1 aromatic heterocycles. The minimum atomic E-state index is -1.06. The summed E-state index contributed by atoms with van der Waals surface area (Å²) >= 11 is 0. The van der Waals surface area contributed by atoms with Crippen LogP contribution in [0.1, 0.15) is 11.4 Å². The highest BCUT2D eigenvalue weighted by Gasteiger charge is 2.51. The Morgan fingerprint density at radius 3 is 3.08 bits per heavy atom. The Morgan fingerprint density at radius 2 is 2.29 bits per heavy atom. The standard InChI is InChI=1S/C15H11FN4O4/c16-7-4-8-6(3-9-13(14(17)21)24-15(22)20(8)9)12-11(7)19-2-1-18-10(19)5-23-12/h1-2,4,9,13H,3,5H2,(H2,17,21)/t9-,13+/m0/s1. The minimum Gasteiger partial charge on any atom is -0.483 e. The van der Waals surface area contributed by atoms with Gasteiger partial charge in [0.05, 0.1) is 11.7 Å². The van der Waals surface area contributed by atoms with Crippen LogP contribution in [0.4, 0.5) is 14.9 Å². The number of amides is 2. The highest BCUT2D eigenvalue weighted by Crippen LogP contribution is 2.47. The van der Waals surface area contributed by atoms with Crippen LogP contribution in [0.2, 0.25) is 0 Å². The third kappa shape index (κ3) is 1.48. The van der Waals surface area contributed by atoms with Crippen LogP contribution in [-0.2, 0) is 22.6 Å². The first-order valence-corrected chi connectivity index (χ1v) is 7.36. The summed E-state index contributed by atoms with van der Waals surface area (Å²) in [5.41, 5.74) is 6.59. The van der Waals surface area contributed by atoms with Crippen molar-refractivity contribution in [3.05, 3.63) is 35.7 Å². The fourth-order valence-corrected chi connectivity index (χ4v) is 3.66. The number of nitrogens with two attached hydrogens (primary N) is 1. The number of nitrogens with zero attached hydrogens (tertiary/aromatic N) is 3. The lowest BCUT2D eigenvalue weighted by molar-refractivity contribution is -0.125. The van der Waals surface area contributed by atoms with Gasteiger partial charge in [-0.15, -0.1) is 0 Å². The minimum absolute atomic E-state index is 0.199. The maximum Gasteiger partial charge on any atom is 0.415 e. The number of hydrogen-bond acceptors (Lipinski definition) is 5. The van der Waals surface area contributed by atoms with Gasteiger partial charge in [0.25, 0.3) is 5.91 Å². The van der Waals surface area contributed by atoms with E-state index >= 15 is 0 Å². The second-order valence-corrected chi connectivity index (χ2v) is 5.88. The normalized spacial score (nSPS) is 23.0. The molecule has 1 aromatic carbocycles. The van der Waals surface area contributed by atoms with Gasteiger partial charge in [-0.25, -0.2) is 14.2 Å². The molecule has 0 spiro atoms. The Labute approximate surface area is 134 Å². The molecule has 9 heteroatoms. The van der Waals surface area contributed by atoms with Crippen LogP contribution < -0.4 is 15.4 Å². The zero-order valence-electron chi connectivity index (χ0n) is 12.2. The molecule has 0 radical (unpaired) electrons. The highest BCUT2D eigenvalue weighted by molar-refractivity contribution is 5.99. The molecular weight excluding hydrogens is 319 g/mol. The van der Waals surface area contributed by atoms with E-state index in [-0.39, 0.29) is 12.3 Å². The van der Waals surface area contributed by atoms with Crippen LogP contribution in [0, 0.1) is 5.82 Å². The number of carbonyl (C=O) groups excluding carboxylic acids is 2. The fourth-order valence-electron chi connectivity index (χ4n) is 3.66. The molecular formula is C15H11FN4O4. The SMILES string of the molecule is NC(=O)[C@@H]1OC(=O)N2c3cc(F)c4c(c3C[C@@H]12)OCc1nccn1-4. The average Bonchev–Trinajstić information content (AvgIpc) is 3.22. The maximum atomic E-state index is 14.7. The van der Waals surface area contributed by atoms with E-state index in [2.05, 4.69) is 4.98 Å². The maximum absolute atomic E-state index is 14.7. The van der Waals surface area contributed by atoms with E-state index in [1.165, 1.54) is 11.0 Å². The van der Waals surface area contributed by atoms with Gasteiger partial charge in [0, 0.05) is 30.4 Å². The molecule has 4 heterocycles. The average molecular weight is 330 g/mol. The van der Waals surface area contributed by atoms with Gasteiger partial charge < -0.3 is 15.2 Å². The predicted octanol–water partition coefficient (Wildman–Crippen LogP) is 0.639. The molecule has 2 aromatic rings. The largest absolute Gasteiger partial charge is 0.483 e. The van der Waals surface area contributed by atoms with Crippen LogP contribution in [0.15, 0.2) is 18.5 Å². The van der Waals surface area contributed by atoms with Gasteiger partial charge in [-0.1, -0.05) is 0 Å². The summed E-state index contributed by atoms with van der Waals surface area (Å²) < 4.78 is 27.1. The van der Waals surface area contributed by atoms with Crippen LogP contribution in [-0.4, -0.2) is 33.7 Å². The number of carbonyl (C=O) groups is 2. The zero-order valence-corrected chi connectivity index (χ0v) is 12.2. The van der Waals surface area contributed by atoms with Gasteiger partial charge in [0.15, 0.2) is 17.4 Å². The van der Waals surface area contributed by atoms with Crippen molar-refractivity contribution in [1.82, 2.24) is 9.55 Å². The molecule has 5 rings (SSSR count). The van der Waals surface area contributed by atoms with Crippen molar-refractivity contribution in [2.24, 2.45) is 5.73 Å². The topological polar surface area (TPSA) is 99.7 Å². The van der Waals surface area contributed by atoms with Crippen molar-refractivity contribution < 1.29 is 23.5 Å².